The molecule has 0 fully saturated rings. The Morgan fingerprint density at radius 1 is 1.28 bits per heavy atom. The highest BCUT2D eigenvalue weighted by atomic mass is 19.4. The molecule has 2 N–H and O–H groups in total. The smallest absolute Gasteiger partial charge is 0.491 e. The van der Waals surface area contributed by atoms with Crippen molar-refractivity contribution in [3.8, 4) is 5.75 Å². The van der Waals surface area contributed by atoms with Crippen LogP contribution in [-0.4, -0.2) is 19.6 Å². The minimum Gasteiger partial charge on any atom is -0.491 e. The molecule has 1 rings (SSSR count). The Balaban J connectivity index is 2.47. The highest BCUT2D eigenvalue weighted by molar-refractivity contribution is 5.30. The molecular weight excluding hydrogens is 254 g/mol. The molecule has 0 spiro atoms. The maximum Gasteiger partial charge on any atom is 0.522 e. The second kappa shape index (κ2) is 6.01. The summed E-state index contributed by atoms with van der Waals surface area (Å²) in [6, 6.07) is 3.48. The van der Waals surface area contributed by atoms with E-state index in [-0.39, 0.29) is 12.4 Å². The zero-order chi connectivity index (χ0) is 13.8. The fourth-order valence-electron chi connectivity index (χ4n) is 1.28. The van der Waals surface area contributed by atoms with E-state index in [9.17, 15) is 17.6 Å². The van der Waals surface area contributed by atoms with Gasteiger partial charge in [0.1, 0.15) is 18.2 Å². The molecule has 18 heavy (non-hydrogen) atoms. The molecule has 102 valence electrons. The van der Waals surface area contributed by atoms with Gasteiger partial charge in [-0.3, -0.25) is 4.74 Å². The van der Waals surface area contributed by atoms with Gasteiger partial charge in [-0.15, -0.1) is 13.2 Å². The first kappa shape index (κ1) is 14.7. The lowest BCUT2D eigenvalue weighted by molar-refractivity contribution is -0.325. The highest BCUT2D eigenvalue weighted by Crippen LogP contribution is 2.21. The lowest BCUT2D eigenvalue weighted by atomic mass is 10.1. The molecule has 0 radical (unpaired) electrons. The Hall–Kier alpha value is -1.34. The molecule has 7 heteroatoms. The quantitative estimate of drug-likeness (QED) is 0.659. The number of nitrogens with two attached hydrogens (primary N) is 1. The summed E-state index contributed by atoms with van der Waals surface area (Å²) < 4.78 is 56.8. The molecule has 0 amide bonds. The Morgan fingerprint density at radius 3 is 2.44 bits per heavy atom. The molecule has 0 aliphatic heterocycles. The van der Waals surface area contributed by atoms with E-state index in [2.05, 4.69) is 4.74 Å². The molecule has 0 aromatic heterocycles. The van der Waals surface area contributed by atoms with E-state index in [1.807, 2.05) is 0 Å². The average Bonchev–Trinajstić information content (AvgIpc) is 2.22. The number of rotatable bonds is 5. The number of hydrogen-bond acceptors (Lipinski definition) is 3. The van der Waals surface area contributed by atoms with Crippen LogP contribution in [0.1, 0.15) is 18.5 Å². The van der Waals surface area contributed by atoms with E-state index in [1.54, 1.807) is 6.92 Å². The molecular formula is C11H13F4NO2. The zero-order valence-electron chi connectivity index (χ0n) is 9.63. The van der Waals surface area contributed by atoms with Crippen molar-refractivity contribution in [3.63, 3.8) is 0 Å². The van der Waals surface area contributed by atoms with Gasteiger partial charge in [0.25, 0.3) is 0 Å². The van der Waals surface area contributed by atoms with Gasteiger partial charge in [0, 0.05) is 17.7 Å². The summed E-state index contributed by atoms with van der Waals surface area (Å²) in [5.41, 5.74) is 5.82. The molecule has 0 aliphatic carbocycles. The molecule has 0 unspecified atom stereocenters. The minimum absolute atomic E-state index is 0.127. The van der Waals surface area contributed by atoms with Gasteiger partial charge in [-0.05, 0) is 13.0 Å². The Labute approximate surface area is 101 Å². The summed E-state index contributed by atoms with van der Waals surface area (Å²) >= 11 is 0. The molecule has 3 nitrogen and oxygen atoms in total. The number of benzene rings is 1. The van der Waals surface area contributed by atoms with Crippen LogP contribution < -0.4 is 10.5 Å². The van der Waals surface area contributed by atoms with Crippen molar-refractivity contribution in [2.24, 2.45) is 5.73 Å². The predicted molar refractivity (Wildman–Crippen MR) is 56.5 cm³/mol. The van der Waals surface area contributed by atoms with Crippen LogP contribution in [-0.2, 0) is 4.74 Å². The number of hydrogen-bond donors (Lipinski definition) is 1. The van der Waals surface area contributed by atoms with Gasteiger partial charge < -0.3 is 10.5 Å². The largest absolute Gasteiger partial charge is 0.522 e. The second-order valence-corrected chi connectivity index (χ2v) is 3.61. The summed E-state index contributed by atoms with van der Waals surface area (Å²) in [6.07, 6.45) is -4.69. The van der Waals surface area contributed by atoms with Gasteiger partial charge in [0.2, 0.25) is 0 Å². The van der Waals surface area contributed by atoms with Gasteiger partial charge in [-0.1, -0.05) is 6.07 Å². The number of alkyl halides is 3. The fraction of sp³-hybridized carbons (Fsp3) is 0.455. The van der Waals surface area contributed by atoms with Gasteiger partial charge in [0.05, 0.1) is 6.61 Å². The van der Waals surface area contributed by atoms with E-state index in [0.29, 0.717) is 5.56 Å². The van der Waals surface area contributed by atoms with Crippen LogP contribution in [0.3, 0.4) is 0 Å². The van der Waals surface area contributed by atoms with Gasteiger partial charge in [-0.25, -0.2) is 4.39 Å². The summed E-state index contributed by atoms with van der Waals surface area (Å²) in [5, 5.41) is 0. The van der Waals surface area contributed by atoms with Crippen molar-refractivity contribution in [1.29, 1.82) is 0 Å². The van der Waals surface area contributed by atoms with Gasteiger partial charge in [-0.2, -0.15) is 0 Å². The van der Waals surface area contributed by atoms with Crippen molar-refractivity contribution in [1.82, 2.24) is 0 Å². The molecule has 0 heterocycles. The van der Waals surface area contributed by atoms with E-state index < -0.39 is 24.8 Å². The van der Waals surface area contributed by atoms with Crippen LogP contribution in [0, 0.1) is 5.82 Å². The van der Waals surface area contributed by atoms with Gasteiger partial charge >= 0.3 is 6.36 Å². The molecule has 0 bridgehead atoms. The molecule has 1 aromatic carbocycles. The summed E-state index contributed by atoms with van der Waals surface area (Å²) in [5.74, 6) is -0.429. The zero-order valence-corrected chi connectivity index (χ0v) is 9.63. The molecule has 1 aromatic rings. The van der Waals surface area contributed by atoms with Crippen LogP contribution in [0.5, 0.6) is 5.75 Å². The lowest BCUT2D eigenvalue weighted by Gasteiger charge is -2.11. The van der Waals surface area contributed by atoms with Crippen molar-refractivity contribution < 1.29 is 27.0 Å². The Morgan fingerprint density at radius 2 is 1.94 bits per heavy atom. The SMILES string of the molecule is C[C@H](N)c1ccc(OCCOC(F)(F)F)cc1F. The molecule has 0 aliphatic rings. The third-order valence-corrected chi connectivity index (χ3v) is 2.08. The van der Waals surface area contributed by atoms with Gasteiger partial charge in [0.15, 0.2) is 0 Å². The Kier molecular flexibility index (Phi) is 4.92. The van der Waals surface area contributed by atoms with Crippen LogP contribution in [0.4, 0.5) is 17.6 Å². The summed E-state index contributed by atoms with van der Waals surface area (Å²) in [6.45, 7) is 0.646. The molecule has 0 saturated carbocycles. The van der Waals surface area contributed by atoms with Crippen molar-refractivity contribution in [2.75, 3.05) is 13.2 Å². The van der Waals surface area contributed by atoms with Crippen molar-refractivity contribution in [3.05, 3.63) is 29.6 Å². The Bertz CT molecular complexity index is 393. The third-order valence-electron chi connectivity index (χ3n) is 2.08. The van der Waals surface area contributed by atoms with E-state index in [4.69, 9.17) is 10.5 Å². The molecule has 0 saturated heterocycles. The number of halogens is 4. The lowest BCUT2D eigenvalue weighted by Crippen LogP contribution is -2.18. The van der Waals surface area contributed by atoms with Crippen LogP contribution in [0.15, 0.2) is 18.2 Å². The summed E-state index contributed by atoms with van der Waals surface area (Å²) in [7, 11) is 0. The van der Waals surface area contributed by atoms with E-state index >= 15 is 0 Å². The van der Waals surface area contributed by atoms with Crippen molar-refractivity contribution >= 4 is 0 Å². The number of ether oxygens (including phenoxy) is 2. The van der Waals surface area contributed by atoms with Crippen LogP contribution >= 0.6 is 0 Å². The van der Waals surface area contributed by atoms with E-state index in [0.717, 1.165) is 6.07 Å². The van der Waals surface area contributed by atoms with Crippen LogP contribution in [0.25, 0.3) is 0 Å². The second-order valence-electron chi connectivity index (χ2n) is 3.61. The minimum atomic E-state index is -4.69. The third kappa shape index (κ3) is 4.89. The van der Waals surface area contributed by atoms with Crippen LogP contribution in [0.2, 0.25) is 0 Å². The topological polar surface area (TPSA) is 44.5 Å². The standard InChI is InChI=1S/C11H13F4NO2/c1-7(16)9-3-2-8(6-10(9)12)17-4-5-18-11(13,14)15/h2-3,6-7H,4-5,16H2,1H3/t7-/m0/s1. The first-order valence-electron chi connectivity index (χ1n) is 5.18. The first-order valence-corrected chi connectivity index (χ1v) is 5.18. The highest BCUT2D eigenvalue weighted by Gasteiger charge is 2.28. The van der Waals surface area contributed by atoms with Crippen molar-refractivity contribution in [2.45, 2.75) is 19.3 Å². The van der Waals surface area contributed by atoms with E-state index in [1.165, 1.54) is 12.1 Å². The molecule has 1 atom stereocenters. The first-order chi connectivity index (χ1) is 8.29. The predicted octanol–water partition coefficient (Wildman–Crippen LogP) is 2.76. The summed E-state index contributed by atoms with van der Waals surface area (Å²) in [4.78, 5) is 0. The maximum absolute atomic E-state index is 13.4. The average molecular weight is 267 g/mol. The monoisotopic (exact) mass is 267 g/mol. The normalized spacial score (nSPS) is 13.4. The fourth-order valence-corrected chi connectivity index (χ4v) is 1.28. The maximum atomic E-state index is 13.4.